The molecule has 2 amide bonds. The van der Waals surface area contributed by atoms with Gasteiger partial charge in [-0.1, -0.05) is 13.8 Å². The molecule has 0 bridgehead atoms. The second-order valence-corrected chi connectivity index (χ2v) is 6.62. The van der Waals surface area contributed by atoms with Crippen molar-refractivity contribution in [2.75, 3.05) is 20.8 Å². The maximum atomic E-state index is 12.5. The highest BCUT2D eigenvalue weighted by Gasteiger charge is 2.27. The third-order valence-corrected chi connectivity index (χ3v) is 4.31. The molecule has 1 aliphatic heterocycles. The molecule has 0 spiro atoms. The van der Waals surface area contributed by atoms with Crippen LogP contribution in [-0.2, 0) is 17.8 Å². The van der Waals surface area contributed by atoms with Crippen LogP contribution in [0, 0.1) is 5.92 Å². The molecule has 2 N–H and O–H groups in total. The smallest absolute Gasteiger partial charge is 0.326 e. The van der Waals surface area contributed by atoms with Crippen LogP contribution in [0.2, 0.25) is 0 Å². The van der Waals surface area contributed by atoms with Gasteiger partial charge in [-0.25, -0.2) is 9.59 Å². The molecule has 1 aromatic rings. The average Bonchev–Trinajstić information content (AvgIpc) is 2.58. The van der Waals surface area contributed by atoms with Crippen LogP contribution in [0.3, 0.4) is 0 Å². The number of hydrogen-bond donors (Lipinski definition) is 2. The van der Waals surface area contributed by atoms with E-state index in [-0.39, 0.29) is 11.9 Å². The highest BCUT2D eigenvalue weighted by Crippen LogP contribution is 2.33. The Morgan fingerprint density at radius 2 is 1.80 bits per heavy atom. The number of amides is 2. The van der Waals surface area contributed by atoms with Crippen molar-refractivity contribution in [3.63, 3.8) is 0 Å². The Morgan fingerprint density at radius 3 is 2.32 bits per heavy atom. The first-order chi connectivity index (χ1) is 11.8. The summed E-state index contributed by atoms with van der Waals surface area (Å²) in [5.41, 5.74) is 2.09. The van der Waals surface area contributed by atoms with Crippen molar-refractivity contribution in [2.45, 2.75) is 39.3 Å². The maximum absolute atomic E-state index is 12.5. The first-order valence-corrected chi connectivity index (χ1v) is 8.37. The van der Waals surface area contributed by atoms with Crippen molar-refractivity contribution < 1.29 is 24.2 Å². The van der Waals surface area contributed by atoms with Gasteiger partial charge < -0.3 is 24.8 Å². The Balaban J connectivity index is 2.10. The average molecular weight is 350 g/mol. The Kier molecular flexibility index (Phi) is 6.12. The van der Waals surface area contributed by atoms with Gasteiger partial charge in [-0.15, -0.1) is 0 Å². The second kappa shape index (κ2) is 8.09. The van der Waals surface area contributed by atoms with Gasteiger partial charge in [-0.2, -0.15) is 0 Å². The van der Waals surface area contributed by atoms with Crippen LogP contribution in [-0.4, -0.2) is 48.8 Å². The number of fused-ring (bicyclic) bond motifs is 1. The van der Waals surface area contributed by atoms with E-state index < -0.39 is 12.0 Å². The fraction of sp³-hybridized carbons (Fsp3) is 0.556. The van der Waals surface area contributed by atoms with Crippen molar-refractivity contribution in [1.29, 1.82) is 0 Å². The summed E-state index contributed by atoms with van der Waals surface area (Å²) in [6, 6.07) is 2.58. The van der Waals surface area contributed by atoms with Gasteiger partial charge >= 0.3 is 12.0 Å². The van der Waals surface area contributed by atoms with Crippen molar-refractivity contribution in [2.24, 2.45) is 5.92 Å². The molecule has 1 unspecified atom stereocenters. The minimum absolute atomic E-state index is 0.181. The summed E-state index contributed by atoms with van der Waals surface area (Å²) >= 11 is 0. The molecular weight excluding hydrogens is 324 g/mol. The standard InChI is InChI=1S/C18H26N2O5/c1-11(2)7-14(17(21)22)19-18(23)20-6-5-12-8-15(24-3)16(25-4)9-13(12)10-20/h8-9,11,14H,5-7,10H2,1-4H3,(H,19,23)(H,21,22). The van der Waals surface area contributed by atoms with Crippen molar-refractivity contribution in [1.82, 2.24) is 10.2 Å². The van der Waals surface area contributed by atoms with Gasteiger partial charge in [0, 0.05) is 13.1 Å². The minimum Gasteiger partial charge on any atom is -0.493 e. The number of benzene rings is 1. The number of hydrogen-bond acceptors (Lipinski definition) is 4. The summed E-state index contributed by atoms with van der Waals surface area (Å²) in [5.74, 6) is 0.458. The van der Waals surface area contributed by atoms with Gasteiger partial charge in [0.15, 0.2) is 11.5 Å². The molecule has 0 aromatic heterocycles. The van der Waals surface area contributed by atoms with Crippen molar-refractivity contribution in [3.8, 4) is 11.5 Å². The molecule has 0 aliphatic carbocycles. The van der Waals surface area contributed by atoms with Crippen molar-refractivity contribution in [3.05, 3.63) is 23.3 Å². The van der Waals surface area contributed by atoms with Gasteiger partial charge in [0.1, 0.15) is 6.04 Å². The van der Waals surface area contributed by atoms with Crippen LogP contribution in [0.15, 0.2) is 12.1 Å². The number of ether oxygens (including phenoxy) is 2. The van der Waals surface area contributed by atoms with E-state index in [1.54, 1.807) is 19.1 Å². The zero-order valence-electron chi connectivity index (χ0n) is 15.2. The molecule has 1 atom stereocenters. The lowest BCUT2D eigenvalue weighted by Gasteiger charge is -2.31. The van der Waals surface area contributed by atoms with Gasteiger partial charge in [0.2, 0.25) is 0 Å². The fourth-order valence-corrected chi connectivity index (χ4v) is 2.99. The Bertz CT molecular complexity index is 645. The molecule has 0 saturated heterocycles. The van der Waals surface area contributed by atoms with E-state index in [4.69, 9.17) is 9.47 Å². The molecule has 1 aromatic carbocycles. The lowest BCUT2D eigenvalue weighted by atomic mass is 9.99. The molecule has 7 heteroatoms. The molecule has 0 saturated carbocycles. The molecule has 25 heavy (non-hydrogen) atoms. The third-order valence-electron chi connectivity index (χ3n) is 4.31. The van der Waals surface area contributed by atoms with Crippen molar-refractivity contribution >= 4 is 12.0 Å². The fourth-order valence-electron chi connectivity index (χ4n) is 2.99. The highest BCUT2D eigenvalue weighted by molar-refractivity contribution is 5.82. The van der Waals surface area contributed by atoms with E-state index in [1.165, 1.54) is 0 Å². The monoisotopic (exact) mass is 350 g/mol. The molecule has 1 heterocycles. The van der Waals surface area contributed by atoms with Gasteiger partial charge in [-0.05, 0) is 42.0 Å². The number of carbonyl (C=O) groups is 2. The lowest BCUT2D eigenvalue weighted by Crippen LogP contribution is -2.49. The van der Waals surface area contributed by atoms with Gasteiger partial charge in [-0.3, -0.25) is 0 Å². The largest absolute Gasteiger partial charge is 0.493 e. The molecule has 2 rings (SSSR count). The van der Waals surface area contributed by atoms with Crippen LogP contribution in [0.5, 0.6) is 11.5 Å². The number of aliphatic carboxylic acids is 1. The Labute approximate surface area is 147 Å². The summed E-state index contributed by atoms with van der Waals surface area (Å²) in [7, 11) is 3.16. The zero-order valence-corrected chi connectivity index (χ0v) is 15.2. The molecule has 0 radical (unpaired) electrons. The zero-order chi connectivity index (χ0) is 18.6. The second-order valence-electron chi connectivity index (χ2n) is 6.62. The number of methoxy groups -OCH3 is 2. The van der Waals surface area contributed by atoms with Crippen LogP contribution in [0.1, 0.15) is 31.4 Å². The third kappa shape index (κ3) is 4.55. The molecule has 7 nitrogen and oxygen atoms in total. The summed E-state index contributed by atoms with van der Waals surface area (Å²) in [4.78, 5) is 25.4. The number of carboxylic acids is 1. The first-order valence-electron chi connectivity index (χ1n) is 8.37. The molecule has 1 aliphatic rings. The first kappa shape index (κ1) is 18.9. The highest BCUT2D eigenvalue weighted by atomic mass is 16.5. The van der Waals surface area contributed by atoms with E-state index in [9.17, 15) is 14.7 Å². The topological polar surface area (TPSA) is 88.1 Å². The van der Waals surface area contributed by atoms with E-state index in [2.05, 4.69) is 5.32 Å². The number of rotatable bonds is 6. The number of carbonyl (C=O) groups excluding carboxylic acids is 1. The van der Waals surface area contributed by atoms with E-state index in [0.29, 0.717) is 37.4 Å². The van der Waals surface area contributed by atoms with Crippen LogP contribution in [0.25, 0.3) is 0 Å². The SMILES string of the molecule is COc1cc2c(cc1OC)CN(C(=O)NC(CC(C)C)C(=O)O)CC2. The molecular formula is C18H26N2O5. The lowest BCUT2D eigenvalue weighted by molar-refractivity contribution is -0.139. The van der Waals surface area contributed by atoms with Crippen LogP contribution in [0.4, 0.5) is 4.79 Å². The number of urea groups is 1. The van der Waals surface area contributed by atoms with E-state index in [0.717, 1.165) is 11.1 Å². The van der Waals surface area contributed by atoms with Crippen LogP contribution >= 0.6 is 0 Å². The number of nitrogens with zero attached hydrogens (tertiary/aromatic N) is 1. The number of carboxylic acid groups (broad SMARTS) is 1. The van der Waals surface area contributed by atoms with Gasteiger partial charge in [0.05, 0.1) is 14.2 Å². The summed E-state index contributed by atoms with van der Waals surface area (Å²) in [6.45, 7) is 4.80. The quantitative estimate of drug-likeness (QED) is 0.822. The number of nitrogens with one attached hydrogen (secondary N) is 1. The summed E-state index contributed by atoms with van der Waals surface area (Å²) in [5, 5.41) is 11.9. The van der Waals surface area contributed by atoms with E-state index in [1.807, 2.05) is 26.0 Å². The molecule has 138 valence electrons. The van der Waals surface area contributed by atoms with Gasteiger partial charge in [0.25, 0.3) is 0 Å². The van der Waals surface area contributed by atoms with E-state index >= 15 is 0 Å². The normalized spacial score (nSPS) is 14.7. The Hall–Kier alpha value is -2.44. The Morgan fingerprint density at radius 1 is 1.20 bits per heavy atom. The predicted octanol–water partition coefficient (Wildman–Crippen LogP) is 2.27. The summed E-state index contributed by atoms with van der Waals surface area (Å²) < 4.78 is 10.6. The minimum atomic E-state index is -1.01. The summed E-state index contributed by atoms with van der Waals surface area (Å²) in [6.07, 6.45) is 1.08. The molecule has 0 fully saturated rings. The maximum Gasteiger partial charge on any atom is 0.326 e. The van der Waals surface area contributed by atoms with Crippen LogP contribution < -0.4 is 14.8 Å². The predicted molar refractivity (Wildman–Crippen MR) is 93.1 cm³/mol.